The van der Waals surface area contributed by atoms with E-state index < -0.39 is 0 Å². The van der Waals surface area contributed by atoms with Gasteiger partial charge in [0.15, 0.2) is 0 Å². The molecule has 1 N–H and O–H groups in total. The molecule has 96 valence electrons. The number of aliphatic hydroxyl groups excluding tert-OH is 1. The minimum atomic E-state index is 0.180. The normalized spacial score (nSPS) is 11.0. The highest BCUT2D eigenvalue weighted by atomic mass is 16.3. The van der Waals surface area contributed by atoms with Crippen LogP contribution in [0.15, 0.2) is 48.8 Å². The number of para-hydroxylation sites is 2. The van der Waals surface area contributed by atoms with Crippen LogP contribution in [0.25, 0.3) is 22.4 Å². The Labute approximate surface area is 111 Å². The molecule has 0 spiro atoms. The van der Waals surface area contributed by atoms with Gasteiger partial charge in [0.2, 0.25) is 0 Å². The van der Waals surface area contributed by atoms with Crippen molar-refractivity contribution < 1.29 is 5.11 Å². The molecular weight excluding hydrogens is 238 g/mol. The summed E-state index contributed by atoms with van der Waals surface area (Å²) < 4.78 is 2.14. The first-order chi connectivity index (χ1) is 9.40. The zero-order chi connectivity index (χ0) is 13.1. The monoisotopic (exact) mass is 253 g/mol. The quantitative estimate of drug-likeness (QED) is 0.777. The molecule has 0 bridgehead atoms. The number of fused-ring (bicyclic) bond motifs is 1. The number of pyridine rings is 1. The van der Waals surface area contributed by atoms with E-state index in [0.717, 1.165) is 29.0 Å². The Morgan fingerprint density at radius 1 is 1.11 bits per heavy atom. The summed E-state index contributed by atoms with van der Waals surface area (Å²) in [6.07, 6.45) is 4.29. The van der Waals surface area contributed by atoms with Gasteiger partial charge in [0.1, 0.15) is 5.82 Å². The summed E-state index contributed by atoms with van der Waals surface area (Å²) in [5, 5.41) is 9.05. The van der Waals surface area contributed by atoms with E-state index in [1.54, 1.807) is 6.20 Å². The summed E-state index contributed by atoms with van der Waals surface area (Å²) in [4.78, 5) is 8.83. The van der Waals surface area contributed by atoms with Gasteiger partial charge in [-0.15, -0.1) is 0 Å². The molecule has 19 heavy (non-hydrogen) atoms. The number of aromatic nitrogens is 3. The SMILES string of the molecule is OCCCn1c(-c2cccnc2)nc2ccccc21. The lowest BCUT2D eigenvalue weighted by atomic mass is 10.2. The third-order valence-corrected chi connectivity index (χ3v) is 3.11. The Bertz CT molecular complexity index is 676. The highest BCUT2D eigenvalue weighted by Crippen LogP contribution is 2.24. The zero-order valence-corrected chi connectivity index (χ0v) is 10.5. The van der Waals surface area contributed by atoms with Gasteiger partial charge in [-0.1, -0.05) is 12.1 Å². The molecular formula is C15H15N3O. The first kappa shape index (κ1) is 11.9. The molecule has 0 aliphatic rings. The van der Waals surface area contributed by atoms with Crippen molar-refractivity contribution in [3.8, 4) is 11.4 Å². The smallest absolute Gasteiger partial charge is 0.142 e. The molecule has 0 atom stereocenters. The van der Waals surface area contributed by atoms with Gasteiger partial charge in [0, 0.05) is 31.1 Å². The summed E-state index contributed by atoms with van der Waals surface area (Å²) in [6.45, 7) is 0.931. The van der Waals surface area contributed by atoms with E-state index in [1.807, 2.05) is 36.5 Å². The molecule has 3 aromatic rings. The van der Waals surface area contributed by atoms with Crippen molar-refractivity contribution in [2.75, 3.05) is 6.61 Å². The topological polar surface area (TPSA) is 50.9 Å². The molecule has 2 aromatic heterocycles. The van der Waals surface area contributed by atoms with Gasteiger partial charge < -0.3 is 9.67 Å². The Kier molecular flexibility index (Phi) is 3.25. The molecule has 0 aliphatic carbocycles. The molecule has 1 aromatic carbocycles. The van der Waals surface area contributed by atoms with E-state index in [4.69, 9.17) is 5.11 Å². The van der Waals surface area contributed by atoms with Crippen LogP contribution >= 0.6 is 0 Å². The predicted octanol–water partition coefficient (Wildman–Crippen LogP) is 2.48. The number of nitrogens with zero attached hydrogens (tertiary/aromatic N) is 3. The van der Waals surface area contributed by atoms with E-state index in [-0.39, 0.29) is 6.61 Å². The summed E-state index contributed by atoms with van der Waals surface area (Å²) in [5.41, 5.74) is 3.06. The molecule has 4 nitrogen and oxygen atoms in total. The molecule has 0 fully saturated rings. The fourth-order valence-electron chi connectivity index (χ4n) is 2.25. The Morgan fingerprint density at radius 3 is 2.79 bits per heavy atom. The van der Waals surface area contributed by atoms with Crippen molar-refractivity contribution in [1.29, 1.82) is 0 Å². The largest absolute Gasteiger partial charge is 0.396 e. The minimum Gasteiger partial charge on any atom is -0.396 e. The molecule has 0 saturated carbocycles. The van der Waals surface area contributed by atoms with Crippen LogP contribution in [0.1, 0.15) is 6.42 Å². The van der Waals surface area contributed by atoms with Crippen LogP contribution in [0.4, 0.5) is 0 Å². The van der Waals surface area contributed by atoms with Gasteiger partial charge in [-0.05, 0) is 30.7 Å². The first-order valence-corrected chi connectivity index (χ1v) is 6.36. The van der Waals surface area contributed by atoms with Crippen LogP contribution in [0.3, 0.4) is 0 Å². The number of rotatable bonds is 4. The summed E-state index contributed by atoms with van der Waals surface area (Å²) in [7, 11) is 0. The molecule has 4 heteroatoms. The maximum absolute atomic E-state index is 9.05. The standard InChI is InChI=1S/C15H15N3O/c19-10-4-9-18-14-7-2-1-6-13(14)17-15(18)12-5-3-8-16-11-12/h1-3,5-8,11,19H,4,9-10H2. The minimum absolute atomic E-state index is 0.180. The molecule has 0 radical (unpaired) electrons. The number of benzene rings is 1. The Hall–Kier alpha value is -2.20. The lowest BCUT2D eigenvalue weighted by molar-refractivity contribution is 0.281. The zero-order valence-electron chi connectivity index (χ0n) is 10.5. The molecule has 0 amide bonds. The number of imidazole rings is 1. The van der Waals surface area contributed by atoms with E-state index in [1.165, 1.54) is 0 Å². The second kappa shape index (κ2) is 5.20. The Morgan fingerprint density at radius 2 is 2.00 bits per heavy atom. The van der Waals surface area contributed by atoms with Crippen LogP contribution < -0.4 is 0 Å². The van der Waals surface area contributed by atoms with Crippen LogP contribution in [-0.4, -0.2) is 26.2 Å². The Balaban J connectivity index is 2.17. The summed E-state index contributed by atoms with van der Waals surface area (Å²) in [5.74, 6) is 0.905. The molecule has 0 aliphatic heterocycles. The fraction of sp³-hybridized carbons (Fsp3) is 0.200. The maximum Gasteiger partial charge on any atom is 0.142 e. The average molecular weight is 253 g/mol. The summed E-state index contributed by atoms with van der Waals surface area (Å²) in [6, 6.07) is 12.0. The second-order valence-electron chi connectivity index (χ2n) is 4.39. The van der Waals surface area contributed by atoms with Gasteiger partial charge in [-0.3, -0.25) is 4.98 Å². The number of hydrogen-bond acceptors (Lipinski definition) is 3. The lowest BCUT2D eigenvalue weighted by Crippen LogP contribution is -2.02. The number of aliphatic hydroxyl groups is 1. The van der Waals surface area contributed by atoms with Crippen LogP contribution in [0.5, 0.6) is 0 Å². The van der Waals surface area contributed by atoms with E-state index in [9.17, 15) is 0 Å². The van der Waals surface area contributed by atoms with Gasteiger partial charge in [-0.25, -0.2) is 4.98 Å². The highest BCUT2D eigenvalue weighted by Gasteiger charge is 2.11. The summed E-state index contributed by atoms with van der Waals surface area (Å²) >= 11 is 0. The van der Waals surface area contributed by atoms with Crippen molar-refractivity contribution in [3.05, 3.63) is 48.8 Å². The molecule has 2 heterocycles. The molecule has 0 unspecified atom stereocenters. The van der Waals surface area contributed by atoms with Crippen molar-refractivity contribution in [2.45, 2.75) is 13.0 Å². The first-order valence-electron chi connectivity index (χ1n) is 6.36. The third kappa shape index (κ3) is 2.22. The van der Waals surface area contributed by atoms with Gasteiger partial charge in [-0.2, -0.15) is 0 Å². The third-order valence-electron chi connectivity index (χ3n) is 3.11. The number of hydrogen-bond donors (Lipinski definition) is 1. The van der Waals surface area contributed by atoms with Crippen LogP contribution in [-0.2, 0) is 6.54 Å². The molecule has 0 saturated heterocycles. The second-order valence-corrected chi connectivity index (χ2v) is 4.39. The van der Waals surface area contributed by atoms with Gasteiger partial charge in [0.25, 0.3) is 0 Å². The van der Waals surface area contributed by atoms with Crippen LogP contribution in [0.2, 0.25) is 0 Å². The van der Waals surface area contributed by atoms with E-state index in [2.05, 4.69) is 20.6 Å². The van der Waals surface area contributed by atoms with Crippen molar-refractivity contribution in [3.63, 3.8) is 0 Å². The predicted molar refractivity (Wildman–Crippen MR) is 74.7 cm³/mol. The lowest BCUT2D eigenvalue weighted by Gasteiger charge is -2.07. The van der Waals surface area contributed by atoms with E-state index in [0.29, 0.717) is 6.42 Å². The number of aryl methyl sites for hydroxylation is 1. The average Bonchev–Trinajstić information content (AvgIpc) is 2.85. The van der Waals surface area contributed by atoms with Gasteiger partial charge in [0.05, 0.1) is 11.0 Å². The van der Waals surface area contributed by atoms with Crippen molar-refractivity contribution in [2.24, 2.45) is 0 Å². The van der Waals surface area contributed by atoms with Crippen LogP contribution in [0, 0.1) is 0 Å². The van der Waals surface area contributed by atoms with E-state index >= 15 is 0 Å². The van der Waals surface area contributed by atoms with Gasteiger partial charge >= 0.3 is 0 Å². The fourth-order valence-corrected chi connectivity index (χ4v) is 2.25. The molecule has 3 rings (SSSR count). The van der Waals surface area contributed by atoms with Crippen molar-refractivity contribution in [1.82, 2.24) is 14.5 Å². The maximum atomic E-state index is 9.05. The van der Waals surface area contributed by atoms with Crippen molar-refractivity contribution >= 4 is 11.0 Å². The highest BCUT2D eigenvalue weighted by molar-refractivity contribution is 5.80.